The summed E-state index contributed by atoms with van der Waals surface area (Å²) in [6.07, 6.45) is 1.18. The maximum atomic E-state index is 5.59. The van der Waals surface area contributed by atoms with E-state index in [9.17, 15) is 0 Å². The Kier molecular flexibility index (Phi) is 2.04. The highest BCUT2D eigenvalue weighted by Crippen LogP contribution is 2.26. The summed E-state index contributed by atoms with van der Waals surface area (Å²) >= 11 is 0. The minimum Gasteiger partial charge on any atom is -0.0865 e. The molecule has 12 heavy (non-hydrogen) atoms. The molecule has 2 rings (SSSR count). The minimum absolute atomic E-state index is 0.483. The van der Waals surface area contributed by atoms with Gasteiger partial charge < -0.3 is 0 Å². The summed E-state index contributed by atoms with van der Waals surface area (Å²) in [7, 11) is 7.41. The summed E-state index contributed by atoms with van der Waals surface area (Å²) in [4.78, 5) is 0. The van der Waals surface area contributed by atoms with Gasteiger partial charge in [-0.1, -0.05) is 48.5 Å². The Balaban J connectivity index is 2.43. The van der Waals surface area contributed by atoms with Crippen molar-refractivity contribution in [2.24, 2.45) is 0 Å². The summed E-state index contributed by atoms with van der Waals surface area (Å²) in [5.74, 6) is 0.672. The summed E-state index contributed by atoms with van der Waals surface area (Å²) in [6.45, 7) is 2.75. The molecule has 1 aliphatic rings. The van der Waals surface area contributed by atoms with Crippen molar-refractivity contribution in [3.8, 4) is 0 Å². The largest absolute Gasteiger partial charge is 0.127 e. The predicted octanol–water partition coefficient (Wildman–Crippen LogP) is 0.790. The van der Waals surface area contributed by atoms with E-state index >= 15 is 0 Å². The second-order valence-electron chi connectivity index (χ2n) is 3.56. The highest BCUT2D eigenvalue weighted by molar-refractivity contribution is 7.36. The molecule has 0 amide bonds. The van der Waals surface area contributed by atoms with E-state index in [1.165, 1.54) is 17.3 Å². The van der Waals surface area contributed by atoms with Crippen LogP contribution in [-0.4, -0.2) is 21.4 Å². The molecule has 0 aliphatic carbocycles. The number of rotatable bonds is 1. The lowest BCUT2D eigenvalue weighted by atomic mass is 9.12. The average molecular weight is 151 g/mol. The summed E-state index contributed by atoms with van der Waals surface area (Å²) < 4.78 is 0. The fourth-order valence-corrected chi connectivity index (χ4v) is 2.11. The van der Waals surface area contributed by atoms with Crippen LogP contribution in [0.25, 0.3) is 0 Å². The van der Waals surface area contributed by atoms with Crippen molar-refractivity contribution in [1.29, 1.82) is 0 Å². The van der Waals surface area contributed by atoms with Gasteiger partial charge in [-0.05, 0) is 5.92 Å². The normalized spacial score (nSPS) is 20.8. The van der Waals surface area contributed by atoms with E-state index < -0.39 is 0 Å². The maximum Gasteiger partial charge on any atom is 0.127 e. The van der Waals surface area contributed by atoms with Gasteiger partial charge in [0.1, 0.15) is 6.60 Å². The van der Waals surface area contributed by atoms with Crippen LogP contribution in [0.2, 0.25) is 6.32 Å². The smallest absolute Gasteiger partial charge is 0.0865 e. The van der Waals surface area contributed by atoms with Crippen LogP contribution < -0.4 is 5.46 Å². The molecule has 1 heterocycles. The van der Waals surface area contributed by atoms with Crippen molar-refractivity contribution in [3.63, 3.8) is 0 Å². The molecule has 0 fully saturated rings. The fourth-order valence-electron chi connectivity index (χ4n) is 2.11. The fraction of sp³-hybridized carbons (Fsp3) is 0.333. The topological polar surface area (TPSA) is 0 Å². The lowest BCUT2D eigenvalue weighted by Crippen LogP contribution is -2.33. The van der Waals surface area contributed by atoms with E-state index in [-0.39, 0.29) is 0 Å². The first kappa shape index (κ1) is 8.03. The van der Waals surface area contributed by atoms with Crippen LogP contribution in [0.15, 0.2) is 24.3 Å². The molecular weight excluding hydrogens is 141 g/mol. The van der Waals surface area contributed by atoms with Gasteiger partial charge in [0.2, 0.25) is 0 Å². The molecule has 0 saturated heterocycles. The van der Waals surface area contributed by atoms with Gasteiger partial charge in [0.25, 0.3) is 0 Å². The SMILES string of the molecule is [B][B]B1CC(C)c2ccccc21. The Labute approximate surface area is 76.4 Å². The quantitative estimate of drug-likeness (QED) is 0.520. The Hall–Kier alpha value is -0.585. The monoisotopic (exact) mass is 151 g/mol. The first-order valence-electron chi connectivity index (χ1n) is 4.47. The van der Waals surface area contributed by atoms with E-state index in [1.807, 2.05) is 7.06 Å². The average Bonchev–Trinajstić information content (AvgIpc) is 2.44. The third-order valence-electron chi connectivity index (χ3n) is 2.77. The molecular formula is C9H10B3. The van der Waals surface area contributed by atoms with Crippen LogP contribution >= 0.6 is 0 Å². The Morgan fingerprint density at radius 1 is 1.50 bits per heavy atom. The number of benzene rings is 1. The first-order valence-corrected chi connectivity index (χ1v) is 4.47. The van der Waals surface area contributed by atoms with Crippen molar-refractivity contribution in [3.05, 3.63) is 29.8 Å². The van der Waals surface area contributed by atoms with Gasteiger partial charge in [0, 0.05) is 14.8 Å². The summed E-state index contributed by atoms with van der Waals surface area (Å²) in [5.41, 5.74) is 2.90. The zero-order chi connectivity index (χ0) is 8.55. The zero-order valence-corrected chi connectivity index (χ0v) is 7.33. The van der Waals surface area contributed by atoms with Gasteiger partial charge in [-0.2, -0.15) is 0 Å². The molecule has 0 bridgehead atoms. The first-order chi connectivity index (χ1) is 5.83. The molecule has 0 nitrogen and oxygen atoms in total. The standard InChI is InChI=1S/C9H10B3/c1-7-6-12(11-10)9-5-3-2-4-8(7)9/h2-5,7H,6H2,1H3. The number of hydrogen-bond donors (Lipinski definition) is 0. The van der Waals surface area contributed by atoms with Crippen LogP contribution in [0.5, 0.6) is 0 Å². The molecule has 1 aromatic carbocycles. The molecule has 1 aromatic rings. The molecule has 3 heteroatoms. The van der Waals surface area contributed by atoms with Crippen molar-refractivity contribution >= 4 is 26.9 Å². The molecule has 1 atom stereocenters. The highest BCUT2D eigenvalue weighted by Gasteiger charge is 2.27. The van der Waals surface area contributed by atoms with E-state index in [0.29, 0.717) is 12.5 Å². The highest BCUT2D eigenvalue weighted by atomic mass is 14.1. The van der Waals surface area contributed by atoms with Crippen LogP contribution in [0, 0.1) is 0 Å². The van der Waals surface area contributed by atoms with Crippen molar-refractivity contribution < 1.29 is 0 Å². The van der Waals surface area contributed by atoms with Crippen LogP contribution in [0.3, 0.4) is 0 Å². The van der Waals surface area contributed by atoms with Gasteiger partial charge >= 0.3 is 0 Å². The second kappa shape index (κ2) is 3.04. The van der Waals surface area contributed by atoms with Crippen molar-refractivity contribution in [2.45, 2.75) is 19.2 Å². The van der Waals surface area contributed by atoms with Crippen LogP contribution in [0.1, 0.15) is 18.4 Å². The molecule has 55 valence electrons. The van der Waals surface area contributed by atoms with E-state index in [4.69, 9.17) is 7.74 Å². The lowest BCUT2D eigenvalue weighted by Gasteiger charge is -2.03. The van der Waals surface area contributed by atoms with Crippen LogP contribution in [-0.2, 0) is 0 Å². The predicted molar refractivity (Wildman–Crippen MR) is 56.6 cm³/mol. The van der Waals surface area contributed by atoms with E-state index in [1.54, 1.807) is 0 Å². The number of hydrogen-bond acceptors (Lipinski definition) is 0. The zero-order valence-electron chi connectivity index (χ0n) is 7.33. The molecule has 0 aromatic heterocycles. The molecule has 3 radical (unpaired) electrons. The Morgan fingerprint density at radius 3 is 3.00 bits per heavy atom. The third kappa shape index (κ3) is 1.12. The minimum atomic E-state index is 0.483. The van der Waals surface area contributed by atoms with Gasteiger partial charge in [0.15, 0.2) is 0 Å². The summed E-state index contributed by atoms with van der Waals surface area (Å²) in [6, 6.07) is 8.60. The summed E-state index contributed by atoms with van der Waals surface area (Å²) in [5, 5.41) is 0. The molecule has 0 N–H and O–H groups in total. The maximum absolute atomic E-state index is 5.59. The van der Waals surface area contributed by atoms with E-state index in [0.717, 1.165) is 0 Å². The van der Waals surface area contributed by atoms with Crippen molar-refractivity contribution in [2.75, 3.05) is 0 Å². The third-order valence-corrected chi connectivity index (χ3v) is 2.77. The lowest BCUT2D eigenvalue weighted by molar-refractivity contribution is 0.885. The molecule has 1 unspecified atom stereocenters. The second-order valence-corrected chi connectivity index (χ2v) is 3.56. The molecule has 0 saturated carbocycles. The van der Waals surface area contributed by atoms with Crippen molar-refractivity contribution in [1.82, 2.24) is 0 Å². The Morgan fingerprint density at radius 2 is 2.25 bits per heavy atom. The van der Waals surface area contributed by atoms with Crippen LogP contribution in [0.4, 0.5) is 0 Å². The van der Waals surface area contributed by atoms with E-state index in [2.05, 4.69) is 31.2 Å². The van der Waals surface area contributed by atoms with Gasteiger partial charge in [-0.15, -0.1) is 0 Å². The molecule has 0 spiro atoms. The number of fused-ring (bicyclic) bond motifs is 1. The molecule has 1 aliphatic heterocycles. The van der Waals surface area contributed by atoms with Gasteiger partial charge in [0.05, 0.1) is 0 Å². The van der Waals surface area contributed by atoms with Gasteiger partial charge in [-0.25, -0.2) is 0 Å². The van der Waals surface area contributed by atoms with Gasteiger partial charge in [-0.3, -0.25) is 0 Å². The Bertz CT molecular complexity index is 285.